The standard InChI is InChI=1S/C23H25FN2O5S/c1-15-9-17-11-18(23(27)25-21(17)10-16(15)2)12-26(13-19-14-30-7-8-31-19)32(28,29)22-6-4-3-5-20(22)24/h3-6,9-11,19H,7-8,12-14H2,1-2H3,(H,25,27)/t19-/m0/s1. The van der Waals surface area contributed by atoms with E-state index in [-0.39, 0.29) is 25.3 Å². The van der Waals surface area contributed by atoms with Crippen molar-refractivity contribution in [1.29, 1.82) is 0 Å². The van der Waals surface area contributed by atoms with E-state index >= 15 is 0 Å². The van der Waals surface area contributed by atoms with Gasteiger partial charge in [0, 0.05) is 24.2 Å². The molecule has 4 rings (SSSR count). The first-order valence-electron chi connectivity index (χ1n) is 10.3. The van der Waals surface area contributed by atoms with E-state index in [0.717, 1.165) is 26.9 Å². The molecule has 1 saturated heterocycles. The van der Waals surface area contributed by atoms with Crippen LogP contribution in [-0.2, 0) is 26.0 Å². The van der Waals surface area contributed by atoms with Gasteiger partial charge in [0.05, 0.1) is 25.9 Å². The van der Waals surface area contributed by atoms with Crippen LogP contribution in [0.4, 0.5) is 4.39 Å². The molecule has 32 heavy (non-hydrogen) atoms. The quantitative estimate of drug-likeness (QED) is 0.611. The lowest BCUT2D eigenvalue weighted by molar-refractivity contribution is -0.0923. The molecule has 1 aromatic heterocycles. The zero-order valence-corrected chi connectivity index (χ0v) is 18.7. The van der Waals surface area contributed by atoms with Gasteiger partial charge in [-0.25, -0.2) is 12.8 Å². The Morgan fingerprint density at radius 2 is 1.88 bits per heavy atom. The number of aromatic nitrogens is 1. The fourth-order valence-corrected chi connectivity index (χ4v) is 5.25. The van der Waals surface area contributed by atoms with Crippen LogP contribution in [0.1, 0.15) is 16.7 Å². The minimum absolute atomic E-state index is 0.0684. The van der Waals surface area contributed by atoms with Crippen molar-refractivity contribution in [3.63, 3.8) is 0 Å². The summed E-state index contributed by atoms with van der Waals surface area (Å²) in [6, 6.07) is 10.7. The number of sulfonamides is 1. The first-order chi connectivity index (χ1) is 15.3. The number of nitrogens with one attached hydrogen (secondary N) is 1. The van der Waals surface area contributed by atoms with E-state index in [9.17, 15) is 17.6 Å². The Morgan fingerprint density at radius 1 is 1.12 bits per heavy atom. The Kier molecular flexibility index (Phi) is 6.43. The third-order valence-electron chi connectivity index (χ3n) is 5.63. The van der Waals surface area contributed by atoms with Crippen molar-refractivity contribution in [2.75, 3.05) is 26.4 Å². The lowest BCUT2D eigenvalue weighted by Gasteiger charge is -2.29. The van der Waals surface area contributed by atoms with Crippen LogP contribution in [0.15, 0.2) is 52.2 Å². The molecule has 0 saturated carbocycles. The maximum Gasteiger partial charge on any atom is 0.252 e. The SMILES string of the molecule is Cc1cc2cc(CN(C[C@H]3COCCO3)S(=O)(=O)c3ccccc3F)c(=O)[nH]c2cc1C. The number of H-pyrrole nitrogens is 1. The highest BCUT2D eigenvalue weighted by atomic mass is 32.2. The molecule has 2 aromatic carbocycles. The number of ether oxygens (including phenoxy) is 2. The normalized spacial score (nSPS) is 17.2. The van der Waals surface area contributed by atoms with Gasteiger partial charge >= 0.3 is 0 Å². The Morgan fingerprint density at radius 3 is 2.59 bits per heavy atom. The summed E-state index contributed by atoms with van der Waals surface area (Å²) >= 11 is 0. The molecule has 2 heterocycles. The average Bonchev–Trinajstić information content (AvgIpc) is 2.76. The van der Waals surface area contributed by atoms with Crippen LogP contribution in [0.2, 0.25) is 0 Å². The molecule has 0 radical (unpaired) electrons. The number of aromatic amines is 1. The summed E-state index contributed by atoms with van der Waals surface area (Å²) in [4.78, 5) is 15.2. The molecule has 1 fully saturated rings. The molecule has 1 aliphatic heterocycles. The molecule has 0 spiro atoms. The van der Waals surface area contributed by atoms with Crippen molar-refractivity contribution in [2.24, 2.45) is 0 Å². The van der Waals surface area contributed by atoms with Crippen LogP contribution < -0.4 is 5.56 Å². The van der Waals surface area contributed by atoms with Gasteiger partial charge in [-0.1, -0.05) is 12.1 Å². The molecule has 3 aromatic rings. The second-order valence-corrected chi connectivity index (χ2v) is 9.85. The predicted molar refractivity (Wildman–Crippen MR) is 119 cm³/mol. The third kappa shape index (κ3) is 4.61. The fraction of sp³-hybridized carbons (Fsp3) is 0.348. The summed E-state index contributed by atoms with van der Waals surface area (Å²) in [5.74, 6) is -0.850. The molecular formula is C23H25FN2O5S. The first kappa shape index (κ1) is 22.6. The molecule has 0 bridgehead atoms. The molecule has 1 N–H and O–H groups in total. The van der Waals surface area contributed by atoms with Crippen LogP contribution in [0, 0.1) is 19.7 Å². The van der Waals surface area contributed by atoms with Crippen molar-refractivity contribution in [2.45, 2.75) is 31.4 Å². The van der Waals surface area contributed by atoms with E-state index in [2.05, 4.69) is 4.98 Å². The zero-order chi connectivity index (χ0) is 22.9. The van der Waals surface area contributed by atoms with Crippen LogP contribution in [0.3, 0.4) is 0 Å². The molecule has 7 nitrogen and oxygen atoms in total. The summed E-state index contributed by atoms with van der Waals surface area (Å²) in [5, 5.41) is 0.795. The lowest BCUT2D eigenvalue weighted by Crippen LogP contribution is -2.43. The minimum Gasteiger partial charge on any atom is -0.376 e. The number of rotatable bonds is 6. The zero-order valence-electron chi connectivity index (χ0n) is 17.9. The Labute approximate surface area is 185 Å². The number of hydrogen-bond donors (Lipinski definition) is 1. The van der Waals surface area contributed by atoms with Crippen molar-refractivity contribution in [1.82, 2.24) is 9.29 Å². The average molecular weight is 461 g/mol. The molecule has 1 aliphatic rings. The Bertz CT molecular complexity index is 1300. The van der Waals surface area contributed by atoms with E-state index in [1.807, 2.05) is 26.0 Å². The van der Waals surface area contributed by atoms with Gasteiger partial charge in [-0.15, -0.1) is 0 Å². The van der Waals surface area contributed by atoms with Gasteiger partial charge in [-0.05, 0) is 60.7 Å². The summed E-state index contributed by atoms with van der Waals surface area (Å²) in [6.07, 6.45) is -0.519. The number of fused-ring (bicyclic) bond motifs is 1. The van der Waals surface area contributed by atoms with Gasteiger partial charge < -0.3 is 14.5 Å². The van der Waals surface area contributed by atoms with Crippen molar-refractivity contribution >= 4 is 20.9 Å². The topological polar surface area (TPSA) is 88.7 Å². The smallest absolute Gasteiger partial charge is 0.252 e. The Balaban J connectivity index is 1.75. The highest BCUT2D eigenvalue weighted by molar-refractivity contribution is 7.89. The maximum atomic E-state index is 14.4. The molecule has 170 valence electrons. The van der Waals surface area contributed by atoms with Gasteiger partial charge in [-0.2, -0.15) is 4.31 Å². The Hall–Kier alpha value is -2.59. The van der Waals surface area contributed by atoms with Crippen molar-refractivity contribution in [3.8, 4) is 0 Å². The molecular weight excluding hydrogens is 435 g/mol. The van der Waals surface area contributed by atoms with E-state index in [4.69, 9.17) is 9.47 Å². The first-order valence-corrected chi connectivity index (χ1v) is 11.8. The third-order valence-corrected chi connectivity index (χ3v) is 7.47. The monoisotopic (exact) mass is 460 g/mol. The van der Waals surface area contributed by atoms with E-state index in [1.165, 1.54) is 18.2 Å². The largest absolute Gasteiger partial charge is 0.376 e. The van der Waals surface area contributed by atoms with E-state index < -0.39 is 32.4 Å². The fourth-order valence-electron chi connectivity index (χ4n) is 3.74. The second-order valence-electron chi connectivity index (χ2n) is 7.94. The van der Waals surface area contributed by atoms with Crippen LogP contribution in [0.5, 0.6) is 0 Å². The van der Waals surface area contributed by atoms with Crippen molar-refractivity contribution in [3.05, 3.63) is 75.3 Å². The van der Waals surface area contributed by atoms with Crippen molar-refractivity contribution < 1.29 is 22.3 Å². The highest BCUT2D eigenvalue weighted by Crippen LogP contribution is 2.23. The highest BCUT2D eigenvalue weighted by Gasteiger charge is 2.31. The van der Waals surface area contributed by atoms with Gasteiger partial charge in [0.1, 0.15) is 10.7 Å². The number of pyridine rings is 1. The number of benzene rings is 2. The van der Waals surface area contributed by atoms with Gasteiger partial charge in [0.15, 0.2) is 0 Å². The maximum absolute atomic E-state index is 14.4. The number of aryl methyl sites for hydroxylation is 2. The van der Waals surface area contributed by atoms with Gasteiger partial charge in [0.25, 0.3) is 5.56 Å². The molecule has 0 amide bonds. The van der Waals surface area contributed by atoms with Crippen LogP contribution >= 0.6 is 0 Å². The van der Waals surface area contributed by atoms with Crippen LogP contribution in [0.25, 0.3) is 10.9 Å². The summed E-state index contributed by atoms with van der Waals surface area (Å²) in [6.45, 7) is 4.61. The number of halogens is 1. The molecule has 0 unspecified atom stereocenters. The summed E-state index contributed by atoms with van der Waals surface area (Å²) < 4.78 is 53.3. The lowest BCUT2D eigenvalue weighted by atomic mass is 10.0. The van der Waals surface area contributed by atoms with Gasteiger partial charge in [0.2, 0.25) is 10.0 Å². The minimum atomic E-state index is -4.24. The molecule has 9 heteroatoms. The second kappa shape index (κ2) is 9.11. The number of hydrogen-bond acceptors (Lipinski definition) is 5. The molecule has 1 atom stereocenters. The molecule has 0 aliphatic carbocycles. The van der Waals surface area contributed by atoms with Crippen LogP contribution in [-0.4, -0.2) is 50.2 Å². The number of nitrogens with zero attached hydrogens (tertiary/aromatic N) is 1. The predicted octanol–water partition coefficient (Wildman–Crippen LogP) is 2.89. The summed E-state index contributed by atoms with van der Waals surface area (Å²) in [7, 11) is -4.24. The van der Waals surface area contributed by atoms with E-state index in [1.54, 1.807) is 6.07 Å². The van der Waals surface area contributed by atoms with Gasteiger partial charge in [-0.3, -0.25) is 4.79 Å². The van der Waals surface area contributed by atoms with E-state index in [0.29, 0.717) is 18.7 Å². The summed E-state index contributed by atoms with van der Waals surface area (Å²) in [5.41, 5.74) is 2.64.